The van der Waals surface area contributed by atoms with Crippen molar-refractivity contribution in [1.29, 1.82) is 0 Å². The molecule has 5 rings (SSSR count). The van der Waals surface area contributed by atoms with Crippen LogP contribution in [0.2, 0.25) is 0 Å². The van der Waals surface area contributed by atoms with Gasteiger partial charge in [0.2, 0.25) is 5.91 Å². The Balaban J connectivity index is 1.33. The van der Waals surface area contributed by atoms with Crippen LogP contribution in [0.3, 0.4) is 0 Å². The van der Waals surface area contributed by atoms with Crippen LogP contribution in [-0.2, 0) is 17.8 Å². The third-order valence-corrected chi connectivity index (χ3v) is 6.91. The van der Waals surface area contributed by atoms with Crippen molar-refractivity contribution in [3.05, 3.63) is 58.8 Å². The van der Waals surface area contributed by atoms with E-state index in [1.165, 1.54) is 24.8 Å². The Hall–Kier alpha value is -2.80. The van der Waals surface area contributed by atoms with Gasteiger partial charge in [-0.05, 0) is 81.7 Å². The molecule has 2 fully saturated rings. The number of amides is 1. The van der Waals surface area contributed by atoms with E-state index in [1.807, 2.05) is 23.8 Å². The number of fused-ring (bicyclic) bond motifs is 1. The van der Waals surface area contributed by atoms with Crippen molar-refractivity contribution in [2.24, 2.45) is 5.92 Å². The van der Waals surface area contributed by atoms with Gasteiger partial charge in [0.15, 0.2) is 5.65 Å². The number of carbonyl (C=O) groups excluding carboxylic acids is 1. The first-order chi connectivity index (χ1) is 15.6. The molecule has 1 saturated carbocycles. The molecule has 1 amide bonds. The largest absolute Gasteiger partial charge is 0.356 e. The number of aryl methyl sites for hydroxylation is 2. The second-order valence-corrected chi connectivity index (χ2v) is 9.33. The average Bonchev–Trinajstić information content (AvgIpc) is 3.35. The second kappa shape index (κ2) is 8.98. The number of likely N-dealkylation sites (tertiary alicyclic amines) is 1. The van der Waals surface area contributed by atoms with Crippen LogP contribution >= 0.6 is 0 Å². The molecule has 0 radical (unpaired) electrons. The lowest BCUT2D eigenvalue weighted by molar-refractivity contribution is -0.121. The molecule has 0 bridgehead atoms. The molecule has 168 valence electrons. The third kappa shape index (κ3) is 4.53. The Labute approximate surface area is 189 Å². The van der Waals surface area contributed by atoms with E-state index in [0.29, 0.717) is 24.8 Å². The van der Waals surface area contributed by atoms with E-state index in [9.17, 15) is 4.79 Å². The summed E-state index contributed by atoms with van der Waals surface area (Å²) in [6.07, 6.45) is 9.70. The Morgan fingerprint density at radius 1 is 1.19 bits per heavy atom. The van der Waals surface area contributed by atoms with Crippen molar-refractivity contribution >= 4 is 11.6 Å². The van der Waals surface area contributed by atoms with Gasteiger partial charge in [0, 0.05) is 49.4 Å². The van der Waals surface area contributed by atoms with E-state index < -0.39 is 0 Å². The highest BCUT2D eigenvalue weighted by molar-refractivity contribution is 5.76. The topological polar surface area (TPSA) is 75.4 Å². The van der Waals surface area contributed by atoms with E-state index in [1.54, 1.807) is 0 Å². The van der Waals surface area contributed by atoms with Crippen molar-refractivity contribution in [2.75, 3.05) is 13.1 Å². The summed E-state index contributed by atoms with van der Waals surface area (Å²) in [5, 5.41) is 8.05. The Morgan fingerprint density at radius 2 is 2.00 bits per heavy atom. The molecule has 1 N–H and O–H groups in total. The predicted octanol–water partition coefficient (Wildman–Crippen LogP) is 3.54. The zero-order chi connectivity index (χ0) is 22.1. The molecule has 7 heteroatoms. The first-order valence-corrected chi connectivity index (χ1v) is 11.8. The maximum atomic E-state index is 12.2. The summed E-state index contributed by atoms with van der Waals surface area (Å²) in [4.78, 5) is 23.7. The molecule has 0 aromatic carbocycles. The molecular formula is C25H32N6O. The number of hydrogen-bond acceptors (Lipinski definition) is 5. The molecule has 1 aliphatic carbocycles. The first-order valence-electron chi connectivity index (χ1n) is 11.8. The number of nitrogens with one attached hydrogen (secondary N) is 1. The first kappa shape index (κ1) is 21.1. The van der Waals surface area contributed by atoms with Crippen molar-refractivity contribution < 1.29 is 4.79 Å². The van der Waals surface area contributed by atoms with Gasteiger partial charge in [-0.3, -0.25) is 14.7 Å². The lowest BCUT2D eigenvalue weighted by Gasteiger charge is -2.22. The summed E-state index contributed by atoms with van der Waals surface area (Å²) in [5.41, 5.74) is 6.49. The number of rotatable bonds is 8. The van der Waals surface area contributed by atoms with Crippen LogP contribution in [0.1, 0.15) is 66.4 Å². The number of hydrogen-bond donors (Lipinski definition) is 1. The number of carbonyl (C=O) groups is 1. The number of pyridine rings is 1. The lowest BCUT2D eigenvalue weighted by atomic mass is 10.1. The minimum absolute atomic E-state index is 0.134. The van der Waals surface area contributed by atoms with Crippen LogP contribution in [-0.4, -0.2) is 43.5 Å². The van der Waals surface area contributed by atoms with E-state index in [2.05, 4.69) is 40.3 Å². The molecule has 3 aromatic heterocycles. The van der Waals surface area contributed by atoms with Gasteiger partial charge in [0.25, 0.3) is 0 Å². The molecule has 1 aliphatic heterocycles. The molecule has 3 aromatic rings. The fourth-order valence-electron chi connectivity index (χ4n) is 4.85. The molecule has 0 spiro atoms. The number of aromatic nitrogens is 4. The predicted molar refractivity (Wildman–Crippen MR) is 123 cm³/mol. The molecule has 0 unspecified atom stereocenters. The summed E-state index contributed by atoms with van der Waals surface area (Å²) >= 11 is 0. The van der Waals surface area contributed by atoms with Gasteiger partial charge in [0.05, 0.1) is 11.7 Å². The van der Waals surface area contributed by atoms with Crippen LogP contribution in [0, 0.1) is 19.8 Å². The summed E-state index contributed by atoms with van der Waals surface area (Å²) < 4.78 is 1.97. The lowest BCUT2D eigenvalue weighted by Crippen LogP contribution is -2.26. The average molecular weight is 433 g/mol. The fraction of sp³-hybridized carbons (Fsp3) is 0.520. The molecule has 1 saturated heterocycles. The quantitative estimate of drug-likeness (QED) is 0.589. The van der Waals surface area contributed by atoms with Crippen molar-refractivity contribution in [2.45, 2.75) is 65.0 Å². The summed E-state index contributed by atoms with van der Waals surface area (Å²) in [6, 6.07) is 6.62. The van der Waals surface area contributed by atoms with Gasteiger partial charge < -0.3 is 5.32 Å². The Kier molecular flexibility index (Phi) is 5.91. The molecule has 7 nitrogen and oxygen atoms in total. The highest BCUT2D eigenvalue weighted by atomic mass is 16.1. The molecule has 32 heavy (non-hydrogen) atoms. The van der Waals surface area contributed by atoms with Crippen molar-refractivity contribution in [3.8, 4) is 0 Å². The van der Waals surface area contributed by atoms with Crippen LogP contribution in [0.15, 0.2) is 30.6 Å². The van der Waals surface area contributed by atoms with E-state index in [-0.39, 0.29) is 5.91 Å². The normalized spacial score (nSPS) is 19.0. The van der Waals surface area contributed by atoms with Crippen LogP contribution in [0.25, 0.3) is 5.65 Å². The van der Waals surface area contributed by atoms with Gasteiger partial charge in [-0.2, -0.15) is 5.10 Å². The smallest absolute Gasteiger partial charge is 0.220 e. The summed E-state index contributed by atoms with van der Waals surface area (Å²) in [7, 11) is 0. The van der Waals surface area contributed by atoms with Gasteiger partial charge in [-0.1, -0.05) is 0 Å². The van der Waals surface area contributed by atoms with Gasteiger partial charge in [-0.25, -0.2) is 9.50 Å². The second-order valence-electron chi connectivity index (χ2n) is 9.33. The Morgan fingerprint density at radius 3 is 2.78 bits per heavy atom. The Bertz CT molecular complexity index is 1100. The minimum atomic E-state index is 0.134. The van der Waals surface area contributed by atoms with Crippen LogP contribution < -0.4 is 5.32 Å². The van der Waals surface area contributed by atoms with Gasteiger partial charge in [-0.15, -0.1) is 0 Å². The van der Waals surface area contributed by atoms with Crippen molar-refractivity contribution in [1.82, 2.24) is 29.8 Å². The number of nitrogens with zero attached hydrogens (tertiary/aromatic N) is 5. The highest BCUT2D eigenvalue weighted by Gasteiger charge is 2.29. The third-order valence-electron chi connectivity index (χ3n) is 6.91. The maximum absolute atomic E-state index is 12.2. The maximum Gasteiger partial charge on any atom is 0.220 e. The molecule has 2 aliphatic rings. The summed E-state index contributed by atoms with van der Waals surface area (Å²) in [6.45, 7) is 6.96. The SMILES string of the molecule is Cc1nc2cc([C@@H]3CCCN3Cc3ccncc3)nn2c(C)c1CCC(=O)NCC1CC1. The summed E-state index contributed by atoms with van der Waals surface area (Å²) in [5.74, 6) is 0.839. The standard InChI is InChI=1S/C25H32N6O/c1-17-21(7-8-25(32)27-15-19-5-6-19)18(2)31-24(28-17)14-22(29-31)23-4-3-13-30(23)16-20-9-11-26-12-10-20/h9-12,14,19,23H,3-8,13,15-16H2,1-2H3,(H,27,32)/t23-/m0/s1. The highest BCUT2D eigenvalue weighted by Crippen LogP contribution is 2.33. The van der Waals surface area contributed by atoms with Crippen LogP contribution in [0.5, 0.6) is 0 Å². The minimum Gasteiger partial charge on any atom is -0.356 e. The van der Waals surface area contributed by atoms with E-state index in [0.717, 1.165) is 54.3 Å². The van der Waals surface area contributed by atoms with E-state index in [4.69, 9.17) is 10.1 Å². The zero-order valence-corrected chi connectivity index (χ0v) is 19.0. The molecular weight excluding hydrogens is 400 g/mol. The van der Waals surface area contributed by atoms with Gasteiger partial charge >= 0.3 is 0 Å². The fourth-order valence-corrected chi connectivity index (χ4v) is 4.85. The monoisotopic (exact) mass is 432 g/mol. The van der Waals surface area contributed by atoms with E-state index >= 15 is 0 Å². The molecule has 4 heterocycles. The zero-order valence-electron chi connectivity index (χ0n) is 19.0. The van der Waals surface area contributed by atoms with Crippen LogP contribution in [0.4, 0.5) is 0 Å². The van der Waals surface area contributed by atoms with Crippen molar-refractivity contribution in [3.63, 3.8) is 0 Å². The van der Waals surface area contributed by atoms with Gasteiger partial charge in [0.1, 0.15) is 0 Å². The molecule has 1 atom stereocenters.